The molecule has 0 saturated carbocycles. The Morgan fingerprint density at radius 3 is 2.83 bits per heavy atom. The Kier molecular flexibility index (Phi) is 3.94. The van der Waals surface area contributed by atoms with Crippen LogP contribution in [0.4, 0.5) is 0 Å². The Morgan fingerprint density at radius 1 is 1.33 bits per heavy atom. The minimum absolute atomic E-state index is 0.133. The van der Waals surface area contributed by atoms with Gasteiger partial charge in [0.15, 0.2) is 0 Å². The predicted molar refractivity (Wildman–Crippen MR) is 69.7 cm³/mol. The van der Waals surface area contributed by atoms with Crippen molar-refractivity contribution < 1.29 is 14.6 Å². The van der Waals surface area contributed by atoms with Crippen LogP contribution in [0, 0.1) is 0 Å². The Morgan fingerprint density at radius 2 is 2.17 bits per heavy atom. The van der Waals surface area contributed by atoms with E-state index in [0.717, 1.165) is 5.56 Å². The standard InChI is InChI=1S/C13H10BrNO3/c14-11-5-1-4-10(13(16)17)12(11)18-8-9-3-2-6-15-7-9/h1-7H,8H2,(H,16,17). The highest BCUT2D eigenvalue weighted by Crippen LogP contribution is 2.29. The molecule has 0 unspecified atom stereocenters. The van der Waals surface area contributed by atoms with Gasteiger partial charge in [0, 0.05) is 18.0 Å². The van der Waals surface area contributed by atoms with Crippen LogP contribution >= 0.6 is 15.9 Å². The lowest BCUT2D eigenvalue weighted by atomic mass is 10.2. The highest BCUT2D eigenvalue weighted by molar-refractivity contribution is 9.10. The first-order valence-electron chi connectivity index (χ1n) is 5.22. The molecule has 18 heavy (non-hydrogen) atoms. The van der Waals surface area contributed by atoms with Gasteiger partial charge in [-0.25, -0.2) is 4.79 Å². The van der Waals surface area contributed by atoms with E-state index < -0.39 is 5.97 Å². The normalized spacial score (nSPS) is 10.1. The molecule has 2 rings (SSSR count). The summed E-state index contributed by atoms with van der Waals surface area (Å²) in [5.41, 5.74) is 1.01. The number of aromatic nitrogens is 1. The van der Waals surface area contributed by atoms with Gasteiger partial charge >= 0.3 is 5.97 Å². The molecule has 1 heterocycles. The zero-order valence-corrected chi connectivity index (χ0v) is 10.9. The number of rotatable bonds is 4. The summed E-state index contributed by atoms with van der Waals surface area (Å²) in [4.78, 5) is 15.0. The first-order valence-corrected chi connectivity index (χ1v) is 6.01. The van der Waals surface area contributed by atoms with Gasteiger partial charge in [-0.15, -0.1) is 0 Å². The van der Waals surface area contributed by atoms with Crippen molar-refractivity contribution in [2.75, 3.05) is 0 Å². The maximum atomic E-state index is 11.1. The van der Waals surface area contributed by atoms with Crippen LogP contribution in [0.2, 0.25) is 0 Å². The largest absolute Gasteiger partial charge is 0.487 e. The number of nitrogens with zero attached hydrogens (tertiary/aromatic N) is 1. The molecule has 0 radical (unpaired) electrons. The minimum atomic E-state index is -1.02. The van der Waals surface area contributed by atoms with E-state index in [0.29, 0.717) is 10.2 Å². The number of benzene rings is 1. The zero-order valence-electron chi connectivity index (χ0n) is 9.34. The number of ether oxygens (including phenoxy) is 1. The molecule has 0 amide bonds. The van der Waals surface area contributed by atoms with Crippen molar-refractivity contribution in [2.24, 2.45) is 0 Å². The van der Waals surface area contributed by atoms with E-state index >= 15 is 0 Å². The predicted octanol–water partition coefficient (Wildman–Crippen LogP) is 3.12. The third kappa shape index (κ3) is 2.87. The number of carboxylic acid groups (broad SMARTS) is 1. The van der Waals surface area contributed by atoms with Crippen molar-refractivity contribution in [3.05, 3.63) is 58.3 Å². The van der Waals surface area contributed by atoms with Gasteiger partial charge in [0.25, 0.3) is 0 Å². The first kappa shape index (κ1) is 12.6. The molecule has 0 aliphatic heterocycles. The SMILES string of the molecule is O=C(O)c1cccc(Br)c1OCc1cccnc1. The maximum absolute atomic E-state index is 11.1. The number of carbonyl (C=O) groups is 1. The van der Waals surface area contributed by atoms with Gasteiger partial charge in [0.1, 0.15) is 17.9 Å². The van der Waals surface area contributed by atoms with E-state index in [1.165, 1.54) is 6.07 Å². The van der Waals surface area contributed by atoms with E-state index in [1.807, 2.05) is 6.07 Å². The molecular weight excluding hydrogens is 298 g/mol. The van der Waals surface area contributed by atoms with Crippen LogP contribution in [0.1, 0.15) is 15.9 Å². The van der Waals surface area contributed by atoms with Crippen molar-refractivity contribution in [1.82, 2.24) is 4.98 Å². The number of hydrogen-bond donors (Lipinski definition) is 1. The third-order valence-electron chi connectivity index (χ3n) is 2.30. The number of carboxylic acids is 1. The van der Waals surface area contributed by atoms with E-state index in [2.05, 4.69) is 20.9 Å². The monoisotopic (exact) mass is 307 g/mol. The van der Waals surface area contributed by atoms with Crippen LogP contribution < -0.4 is 4.74 Å². The zero-order chi connectivity index (χ0) is 13.0. The lowest BCUT2D eigenvalue weighted by molar-refractivity contribution is 0.0691. The average molecular weight is 308 g/mol. The highest BCUT2D eigenvalue weighted by Gasteiger charge is 2.14. The van der Waals surface area contributed by atoms with Crippen LogP contribution in [-0.2, 0) is 6.61 Å². The van der Waals surface area contributed by atoms with Crippen molar-refractivity contribution >= 4 is 21.9 Å². The molecular formula is C13H10BrNO3. The molecule has 5 heteroatoms. The molecule has 2 aromatic rings. The van der Waals surface area contributed by atoms with Crippen LogP contribution in [-0.4, -0.2) is 16.1 Å². The summed E-state index contributed by atoms with van der Waals surface area (Å²) in [5, 5.41) is 9.07. The van der Waals surface area contributed by atoms with Gasteiger partial charge in [0.05, 0.1) is 4.47 Å². The van der Waals surface area contributed by atoms with Crippen molar-refractivity contribution in [2.45, 2.75) is 6.61 Å². The molecule has 4 nitrogen and oxygen atoms in total. The molecule has 1 N–H and O–H groups in total. The van der Waals surface area contributed by atoms with Crippen LogP contribution in [0.25, 0.3) is 0 Å². The second-order valence-corrected chi connectivity index (χ2v) is 4.43. The Bertz CT molecular complexity index is 557. The number of hydrogen-bond acceptors (Lipinski definition) is 3. The molecule has 1 aromatic heterocycles. The fourth-order valence-corrected chi connectivity index (χ4v) is 1.94. The first-order chi connectivity index (χ1) is 8.68. The molecule has 0 bridgehead atoms. The molecule has 0 fully saturated rings. The van der Waals surface area contributed by atoms with Gasteiger partial charge in [-0.1, -0.05) is 12.1 Å². The summed E-state index contributed by atoms with van der Waals surface area (Å²) in [6.07, 6.45) is 3.35. The van der Waals surface area contributed by atoms with Crippen molar-refractivity contribution in [3.63, 3.8) is 0 Å². The summed E-state index contributed by atoms with van der Waals surface area (Å²) in [6.45, 7) is 0.275. The second kappa shape index (κ2) is 5.64. The fourth-order valence-electron chi connectivity index (χ4n) is 1.46. The smallest absolute Gasteiger partial charge is 0.339 e. The quantitative estimate of drug-likeness (QED) is 0.943. The number of pyridine rings is 1. The van der Waals surface area contributed by atoms with E-state index in [4.69, 9.17) is 9.84 Å². The Balaban J connectivity index is 2.21. The maximum Gasteiger partial charge on any atom is 0.339 e. The Hall–Kier alpha value is -1.88. The molecule has 0 saturated heterocycles. The van der Waals surface area contributed by atoms with Crippen LogP contribution in [0.15, 0.2) is 47.2 Å². The summed E-state index contributed by atoms with van der Waals surface area (Å²) in [7, 11) is 0. The van der Waals surface area contributed by atoms with Crippen LogP contribution in [0.5, 0.6) is 5.75 Å². The lowest BCUT2D eigenvalue weighted by Crippen LogP contribution is -2.04. The van der Waals surface area contributed by atoms with Crippen molar-refractivity contribution in [1.29, 1.82) is 0 Å². The minimum Gasteiger partial charge on any atom is -0.487 e. The molecule has 0 aliphatic rings. The number of para-hydroxylation sites is 1. The molecule has 1 aromatic carbocycles. The van der Waals surface area contributed by atoms with E-state index in [1.54, 1.807) is 30.6 Å². The topological polar surface area (TPSA) is 59.4 Å². The molecule has 92 valence electrons. The Labute approximate surface area is 112 Å². The van der Waals surface area contributed by atoms with Gasteiger partial charge in [0.2, 0.25) is 0 Å². The highest BCUT2D eigenvalue weighted by atomic mass is 79.9. The van der Waals surface area contributed by atoms with Gasteiger partial charge < -0.3 is 9.84 Å². The summed E-state index contributed by atoms with van der Waals surface area (Å²) >= 11 is 3.29. The third-order valence-corrected chi connectivity index (χ3v) is 2.93. The lowest BCUT2D eigenvalue weighted by Gasteiger charge is -2.10. The molecule has 0 spiro atoms. The summed E-state index contributed by atoms with van der Waals surface area (Å²) < 4.78 is 6.16. The molecule has 0 aliphatic carbocycles. The summed E-state index contributed by atoms with van der Waals surface area (Å²) in [5.74, 6) is -0.689. The second-order valence-electron chi connectivity index (χ2n) is 3.57. The fraction of sp³-hybridized carbons (Fsp3) is 0.0769. The number of halogens is 1. The molecule has 0 atom stereocenters. The van der Waals surface area contributed by atoms with Crippen LogP contribution in [0.3, 0.4) is 0 Å². The number of aromatic carboxylic acids is 1. The summed E-state index contributed by atoms with van der Waals surface area (Å²) in [6, 6.07) is 8.57. The van der Waals surface area contributed by atoms with Crippen molar-refractivity contribution in [3.8, 4) is 5.75 Å². The van der Waals surface area contributed by atoms with E-state index in [-0.39, 0.29) is 12.2 Å². The van der Waals surface area contributed by atoms with Gasteiger partial charge in [-0.3, -0.25) is 4.98 Å². The van der Waals surface area contributed by atoms with Gasteiger partial charge in [-0.05, 0) is 34.1 Å². The van der Waals surface area contributed by atoms with Gasteiger partial charge in [-0.2, -0.15) is 0 Å². The average Bonchev–Trinajstić information content (AvgIpc) is 2.38. The van der Waals surface area contributed by atoms with E-state index in [9.17, 15) is 4.79 Å².